The predicted molar refractivity (Wildman–Crippen MR) is 87.9 cm³/mol. The molecule has 1 unspecified atom stereocenters. The van der Waals surface area contributed by atoms with Gasteiger partial charge in [-0.25, -0.2) is 0 Å². The average molecular weight is 310 g/mol. The second kappa shape index (κ2) is 8.25. The highest BCUT2D eigenvalue weighted by molar-refractivity contribution is 6.30. The Labute approximate surface area is 132 Å². The molecule has 0 amide bonds. The number of aliphatic imine (C=N–C) groups is 1. The van der Waals surface area contributed by atoms with Gasteiger partial charge in [-0.05, 0) is 37.5 Å². The second-order valence-corrected chi connectivity index (χ2v) is 5.75. The maximum Gasteiger partial charge on any atom is 0.194 e. The minimum atomic E-state index is 0.276. The summed E-state index contributed by atoms with van der Waals surface area (Å²) in [6.07, 6.45) is 2.54. The monoisotopic (exact) mass is 309 g/mol. The molecule has 116 valence electrons. The lowest BCUT2D eigenvalue weighted by atomic mass is 10.2. The van der Waals surface area contributed by atoms with E-state index in [1.807, 2.05) is 25.2 Å². The van der Waals surface area contributed by atoms with Crippen LogP contribution in [0.5, 0.6) is 0 Å². The highest BCUT2D eigenvalue weighted by atomic mass is 35.5. The number of guanidine groups is 1. The summed E-state index contributed by atoms with van der Waals surface area (Å²) in [7, 11) is 2.04. The zero-order chi connectivity index (χ0) is 15.1. The standard InChI is InChI=1S/C16H24ClN3O/c1-3-18-16(19-11-15-8-5-9-21-15)20(2)12-13-6-4-7-14(17)10-13/h4,6-7,10,15H,3,5,8-9,11-12H2,1-2H3,(H,18,19). The van der Waals surface area contributed by atoms with E-state index in [9.17, 15) is 0 Å². The summed E-state index contributed by atoms with van der Waals surface area (Å²) in [4.78, 5) is 6.80. The van der Waals surface area contributed by atoms with Gasteiger partial charge in [0.1, 0.15) is 0 Å². The van der Waals surface area contributed by atoms with E-state index in [0.29, 0.717) is 0 Å². The molecule has 1 saturated heterocycles. The largest absolute Gasteiger partial charge is 0.376 e. The molecule has 0 radical (unpaired) electrons. The fourth-order valence-corrected chi connectivity index (χ4v) is 2.64. The summed E-state index contributed by atoms with van der Waals surface area (Å²) in [5.74, 6) is 0.910. The first-order valence-corrected chi connectivity index (χ1v) is 7.92. The summed E-state index contributed by atoms with van der Waals surface area (Å²) >= 11 is 6.04. The molecule has 1 N–H and O–H groups in total. The van der Waals surface area contributed by atoms with Gasteiger partial charge < -0.3 is 15.0 Å². The molecule has 4 nitrogen and oxygen atoms in total. The Morgan fingerprint density at radius 2 is 2.38 bits per heavy atom. The highest BCUT2D eigenvalue weighted by Gasteiger charge is 2.15. The van der Waals surface area contributed by atoms with E-state index in [1.54, 1.807) is 0 Å². The van der Waals surface area contributed by atoms with Gasteiger partial charge in [-0.2, -0.15) is 0 Å². The summed E-state index contributed by atoms with van der Waals surface area (Å²) in [6.45, 7) is 5.30. The molecule has 5 heteroatoms. The fraction of sp³-hybridized carbons (Fsp3) is 0.562. The van der Waals surface area contributed by atoms with Crippen molar-refractivity contribution >= 4 is 17.6 Å². The molecule has 0 saturated carbocycles. The number of rotatable bonds is 5. The van der Waals surface area contributed by atoms with Gasteiger partial charge in [0.25, 0.3) is 0 Å². The van der Waals surface area contributed by atoms with Crippen molar-refractivity contribution in [3.8, 4) is 0 Å². The lowest BCUT2D eigenvalue weighted by molar-refractivity contribution is 0.117. The number of ether oxygens (including phenoxy) is 1. The van der Waals surface area contributed by atoms with Crippen LogP contribution in [-0.2, 0) is 11.3 Å². The van der Waals surface area contributed by atoms with Crippen molar-refractivity contribution in [1.29, 1.82) is 0 Å². The van der Waals surface area contributed by atoms with Crippen LogP contribution in [0.1, 0.15) is 25.3 Å². The van der Waals surface area contributed by atoms with E-state index in [0.717, 1.165) is 50.1 Å². The van der Waals surface area contributed by atoms with Crippen molar-refractivity contribution in [3.63, 3.8) is 0 Å². The first-order chi connectivity index (χ1) is 10.2. The van der Waals surface area contributed by atoms with Crippen LogP contribution in [0.3, 0.4) is 0 Å². The first-order valence-electron chi connectivity index (χ1n) is 7.54. The van der Waals surface area contributed by atoms with Crippen LogP contribution in [0, 0.1) is 0 Å². The maximum absolute atomic E-state index is 6.04. The summed E-state index contributed by atoms with van der Waals surface area (Å²) in [6, 6.07) is 7.93. The fourth-order valence-electron chi connectivity index (χ4n) is 2.43. The Hall–Kier alpha value is -1.26. The normalized spacial score (nSPS) is 18.8. The number of hydrogen-bond acceptors (Lipinski definition) is 2. The van der Waals surface area contributed by atoms with Gasteiger partial charge in [0, 0.05) is 31.8 Å². The van der Waals surface area contributed by atoms with Gasteiger partial charge in [0.2, 0.25) is 0 Å². The van der Waals surface area contributed by atoms with E-state index in [-0.39, 0.29) is 6.10 Å². The quantitative estimate of drug-likeness (QED) is 0.671. The molecular formula is C16H24ClN3O. The third-order valence-corrected chi connectivity index (χ3v) is 3.71. The van der Waals surface area contributed by atoms with Crippen LogP contribution in [-0.4, -0.2) is 43.7 Å². The molecule has 1 atom stereocenters. The number of nitrogens with one attached hydrogen (secondary N) is 1. The molecule has 2 rings (SSSR count). The molecule has 1 aromatic carbocycles. The Morgan fingerprint density at radius 3 is 3.05 bits per heavy atom. The van der Waals surface area contributed by atoms with Gasteiger partial charge in [-0.3, -0.25) is 4.99 Å². The van der Waals surface area contributed by atoms with Crippen molar-refractivity contribution in [1.82, 2.24) is 10.2 Å². The zero-order valence-electron chi connectivity index (χ0n) is 12.8. The Kier molecular flexibility index (Phi) is 6.33. The Morgan fingerprint density at radius 1 is 1.52 bits per heavy atom. The molecule has 1 aliphatic heterocycles. The number of hydrogen-bond donors (Lipinski definition) is 1. The van der Waals surface area contributed by atoms with Crippen LogP contribution in [0.4, 0.5) is 0 Å². The topological polar surface area (TPSA) is 36.9 Å². The van der Waals surface area contributed by atoms with Crippen LogP contribution < -0.4 is 5.32 Å². The van der Waals surface area contributed by atoms with Crippen molar-refractivity contribution in [2.75, 3.05) is 26.7 Å². The summed E-state index contributed by atoms with van der Waals surface area (Å²) in [5, 5.41) is 4.09. The van der Waals surface area contributed by atoms with Crippen LogP contribution in [0.15, 0.2) is 29.3 Å². The highest BCUT2D eigenvalue weighted by Crippen LogP contribution is 2.13. The minimum absolute atomic E-state index is 0.276. The van der Waals surface area contributed by atoms with Crippen LogP contribution >= 0.6 is 11.6 Å². The predicted octanol–water partition coefficient (Wildman–Crippen LogP) is 2.92. The Bertz CT molecular complexity index is 472. The molecule has 1 heterocycles. The van der Waals surface area contributed by atoms with Crippen LogP contribution in [0.2, 0.25) is 5.02 Å². The molecule has 1 fully saturated rings. The third-order valence-electron chi connectivity index (χ3n) is 3.47. The number of nitrogens with zero attached hydrogens (tertiary/aromatic N) is 2. The lowest BCUT2D eigenvalue weighted by Gasteiger charge is -2.22. The molecule has 0 spiro atoms. The van der Waals surface area contributed by atoms with Crippen molar-refractivity contribution in [2.24, 2.45) is 4.99 Å². The average Bonchev–Trinajstić information content (AvgIpc) is 2.96. The molecule has 0 aromatic heterocycles. The summed E-state index contributed by atoms with van der Waals surface area (Å²) in [5.41, 5.74) is 1.17. The molecule has 21 heavy (non-hydrogen) atoms. The Balaban J connectivity index is 1.96. The SMILES string of the molecule is CCNC(=NCC1CCCO1)N(C)Cc1cccc(Cl)c1. The molecule has 0 aliphatic carbocycles. The van der Waals surface area contributed by atoms with Crippen molar-refractivity contribution < 1.29 is 4.74 Å². The molecular weight excluding hydrogens is 286 g/mol. The van der Waals surface area contributed by atoms with Crippen LogP contribution in [0.25, 0.3) is 0 Å². The first kappa shape index (κ1) is 16.1. The van der Waals surface area contributed by atoms with Crippen molar-refractivity contribution in [2.45, 2.75) is 32.4 Å². The molecule has 1 aliphatic rings. The third kappa shape index (κ3) is 5.21. The molecule has 0 bridgehead atoms. The smallest absolute Gasteiger partial charge is 0.194 e. The van der Waals surface area contributed by atoms with E-state index >= 15 is 0 Å². The lowest BCUT2D eigenvalue weighted by Crippen LogP contribution is -2.39. The van der Waals surface area contributed by atoms with E-state index in [1.165, 1.54) is 5.56 Å². The number of benzene rings is 1. The minimum Gasteiger partial charge on any atom is -0.376 e. The zero-order valence-corrected chi connectivity index (χ0v) is 13.6. The van der Waals surface area contributed by atoms with Gasteiger partial charge in [0.05, 0.1) is 12.6 Å². The van der Waals surface area contributed by atoms with E-state index in [2.05, 4.69) is 28.2 Å². The molecule has 1 aromatic rings. The number of halogens is 1. The van der Waals surface area contributed by atoms with Gasteiger partial charge >= 0.3 is 0 Å². The van der Waals surface area contributed by atoms with Gasteiger partial charge in [0.15, 0.2) is 5.96 Å². The van der Waals surface area contributed by atoms with E-state index in [4.69, 9.17) is 16.3 Å². The van der Waals surface area contributed by atoms with Gasteiger partial charge in [-0.15, -0.1) is 0 Å². The van der Waals surface area contributed by atoms with E-state index < -0.39 is 0 Å². The summed E-state index contributed by atoms with van der Waals surface area (Å²) < 4.78 is 5.62. The van der Waals surface area contributed by atoms with Gasteiger partial charge in [-0.1, -0.05) is 23.7 Å². The second-order valence-electron chi connectivity index (χ2n) is 5.32. The van der Waals surface area contributed by atoms with Crippen molar-refractivity contribution in [3.05, 3.63) is 34.9 Å². The maximum atomic E-state index is 6.04.